The molecule has 110 valence electrons. The van der Waals surface area contributed by atoms with Crippen LogP contribution in [0.3, 0.4) is 0 Å². The van der Waals surface area contributed by atoms with Gasteiger partial charge in [-0.2, -0.15) is 5.10 Å². The smallest absolute Gasteiger partial charge is 0.339 e. The number of carbonyl (C=O) groups is 1. The van der Waals surface area contributed by atoms with E-state index in [4.69, 9.17) is 9.47 Å². The number of ether oxygens (including phenoxy) is 2. The summed E-state index contributed by atoms with van der Waals surface area (Å²) in [6.45, 7) is 4.56. The van der Waals surface area contributed by atoms with E-state index in [1.807, 2.05) is 4.90 Å². The standard InChI is InChI=1S/C13H19N3O4/c1-7-8(2)14-15-12(11(7)13(17)18)16-5-9(19-3)10(6-16)20-4/h9-10H,5-6H2,1-4H3,(H,17,18). The third kappa shape index (κ3) is 2.46. The predicted molar refractivity (Wildman–Crippen MR) is 72.3 cm³/mol. The van der Waals surface area contributed by atoms with Gasteiger partial charge >= 0.3 is 5.97 Å². The number of methoxy groups -OCH3 is 2. The molecule has 1 fully saturated rings. The zero-order valence-electron chi connectivity index (χ0n) is 12.1. The summed E-state index contributed by atoms with van der Waals surface area (Å²) in [6, 6.07) is 0. The highest BCUT2D eigenvalue weighted by molar-refractivity contribution is 5.95. The minimum absolute atomic E-state index is 0.106. The Bertz CT molecular complexity index is 509. The summed E-state index contributed by atoms with van der Waals surface area (Å²) in [5.41, 5.74) is 1.46. The largest absolute Gasteiger partial charge is 0.478 e. The molecule has 0 saturated carbocycles. The number of aryl methyl sites for hydroxylation is 1. The number of carboxylic acid groups (broad SMARTS) is 1. The molecule has 1 saturated heterocycles. The van der Waals surface area contributed by atoms with Crippen molar-refractivity contribution in [2.24, 2.45) is 0 Å². The maximum absolute atomic E-state index is 11.5. The van der Waals surface area contributed by atoms with E-state index in [2.05, 4.69) is 10.2 Å². The molecule has 20 heavy (non-hydrogen) atoms. The molecule has 7 nitrogen and oxygen atoms in total. The Balaban J connectivity index is 2.39. The highest BCUT2D eigenvalue weighted by Gasteiger charge is 2.36. The summed E-state index contributed by atoms with van der Waals surface area (Å²) in [6.07, 6.45) is -0.213. The molecule has 2 rings (SSSR count). The summed E-state index contributed by atoms with van der Waals surface area (Å²) in [4.78, 5) is 13.3. The highest BCUT2D eigenvalue weighted by atomic mass is 16.5. The van der Waals surface area contributed by atoms with Crippen molar-refractivity contribution in [2.45, 2.75) is 26.1 Å². The summed E-state index contributed by atoms with van der Waals surface area (Å²) < 4.78 is 10.7. The lowest BCUT2D eigenvalue weighted by Gasteiger charge is -2.19. The van der Waals surface area contributed by atoms with E-state index in [1.54, 1.807) is 28.1 Å². The number of aromatic nitrogens is 2. The molecule has 0 bridgehead atoms. The van der Waals surface area contributed by atoms with Crippen molar-refractivity contribution in [3.8, 4) is 0 Å². The van der Waals surface area contributed by atoms with Crippen LogP contribution in [0.4, 0.5) is 5.82 Å². The van der Waals surface area contributed by atoms with E-state index in [0.717, 1.165) is 0 Å². The Morgan fingerprint density at radius 2 is 1.75 bits per heavy atom. The lowest BCUT2D eigenvalue weighted by Crippen LogP contribution is -2.27. The van der Waals surface area contributed by atoms with E-state index < -0.39 is 5.97 Å². The van der Waals surface area contributed by atoms with Crippen LogP contribution in [-0.4, -0.2) is 60.8 Å². The van der Waals surface area contributed by atoms with E-state index in [9.17, 15) is 9.90 Å². The second-order valence-corrected chi connectivity index (χ2v) is 4.87. The van der Waals surface area contributed by atoms with Gasteiger partial charge in [0.05, 0.1) is 5.69 Å². The monoisotopic (exact) mass is 281 g/mol. The van der Waals surface area contributed by atoms with Gasteiger partial charge in [-0.15, -0.1) is 5.10 Å². The number of rotatable bonds is 4. The third-order valence-corrected chi connectivity index (χ3v) is 3.77. The van der Waals surface area contributed by atoms with Gasteiger partial charge in [-0.1, -0.05) is 0 Å². The van der Waals surface area contributed by atoms with Gasteiger partial charge in [0.25, 0.3) is 0 Å². The third-order valence-electron chi connectivity index (χ3n) is 3.77. The molecular weight excluding hydrogens is 262 g/mol. The van der Waals surface area contributed by atoms with Gasteiger partial charge in [0.2, 0.25) is 0 Å². The van der Waals surface area contributed by atoms with Gasteiger partial charge in [0.15, 0.2) is 5.82 Å². The number of aromatic carboxylic acids is 1. The van der Waals surface area contributed by atoms with Crippen LogP contribution in [0.5, 0.6) is 0 Å². The van der Waals surface area contributed by atoms with Crippen LogP contribution >= 0.6 is 0 Å². The Morgan fingerprint density at radius 1 is 1.20 bits per heavy atom. The van der Waals surface area contributed by atoms with Crippen molar-refractivity contribution in [1.29, 1.82) is 0 Å². The molecule has 7 heteroatoms. The molecule has 0 radical (unpaired) electrons. The van der Waals surface area contributed by atoms with Crippen molar-refractivity contribution in [3.63, 3.8) is 0 Å². The molecule has 1 aromatic rings. The molecule has 2 heterocycles. The average Bonchev–Trinajstić information content (AvgIpc) is 2.84. The Labute approximate surface area is 117 Å². The summed E-state index contributed by atoms with van der Waals surface area (Å²) in [7, 11) is 3.23. The van der Waals surface area contributed by atoms with Gasteiger partial charge in [-0.25, -0.2) is 4.79 Å². The van der Waals surface area contributed by atoms with Crippen LogP contribution in [0.25, 0.3) is 0 Å². The van der Waals surface area contributed by atoms with Crippen LogP contribution < -0.4 is 4.90 Å². The zero-order chi connectivity index (χ0) is 14.9. The molecule has 0 spiro atoms. The summed E-state index contributed by atoms with van der Waals surface area (Å²) in [5.74, 6) is -0.618. The van der Waals surface area contributed by atoms with Gasteiger partial charge in [0, 0.05) is 27.3 Å². The first-order chi connectivity index (χ1) is 9.49. The predicted octanol–water partition coefficient (Wildman–Crippen LogP) is 0.642. The Kier molecular flexibility index (Phi) is 4.20. The fraction of sp³-hybridized carbons (Fsp3) is 0.615. The first-order valence-electron chi connectivity index (χ1n) is 6.37. The summed E-state index contributed by atoms with van der Waals surface area (Å²) >= 11 is 0. The molecular formula is C13H19N3O4. The number of nitrogens with zero attached hydrogens (tertiary/aromatic N) is 3. The van der Waals surface area contributed by atoms with Gasteiger partial charge in [-0.3, -0.25) is 0 Å². The lowest BCUT2D eigenvalue weighted by molar-refractivity contribution is -0.00461. The average molecular weight is 281 g/mol. The lowest BCUT2D eigenvalue weighted by atomic mass is 10.1. The van der Waals surface area contributed by atoms with Crippen molar-refractivity contribution >= 4 is 11.8 Å². The highest BCUT2D eigenvalue weighted by Crippen LogP contribution is 2.27. The molecule has 1 aromatic heterocycles. The fourth-order valence-corrected chi connectivity index (χ4v) is 2.44. The van der Waals surface area contributed by atoms with Crippen LogP contribution in [0.15, 0.2) is 0 Å². The minimum Gasteiger partial charge on any atom is -0.478 e. The first-order valence-corrected chi connectivity index (χ1v) is 6.37. The molecule has 2 atom stereocenters. The van der Waals surface area contributed by atoms with Crippen LogP contribution in [0.1, 0.15) is 21.6 Å². The first kappa shape index (κ1) is 14.7. The van der Waals surface area contributed by atoms with Crippen molar-refractivity contribution < 1.29 is 19.4 Å². The molecule has 1 aliphatic rings. The van der Waals surface area contributed by atoms with Gasteiger partial charge in [-0.05, 0) is 19.4 Å². The van der Waals surface area contributed by atoms with E-state index in [1.165, 1.54) is 0 Å². The molecule has 1 aliphatic heterocycles. The normalized spacial score (nSPS) is 22.3. The second-order valence-electron chi connectivity index (χ2n) is 4.87. The number of hydrogen-bond acceptors (Lipinski definition) is 6. The van der Waals surface area contributed by atoms with Gasteiger partial charge in [0.1, 0.15) is 17.8 Å². The van der Waals surface area contributed by atoms with Crippen molar-refractivity contribution in [3.05, 3.63) is 16.8 Å². The number of anilines is 1. The maximum Gasteiger partial charge on any atom is 0.339 e. The second kappa shape index (κ2) is 5.72. The van der Waals surface area contributed by atoms with E-state index in [-0.39, 0.29) is 17.8 Å². The molecule has 0 aromatic carbocycles. The molecule has 0 amide bonds. The van der Waals surface area contributed by atoms with Crippen molar-refractivity contribution in [1.82, 2.24) is 10.2 Å². The molecule has 0 aliphatic carbocycles. The van der Waals surface area contributed by atoms with E-state index in [0.29, 0.717) is 30.2 Å². The van der Waals surface area contributed by atoms with Crippen molar-refractivity contribution in [2.75, 3.05) is 32.2 Å². The van der Waals surface area contributed by atoms with Gasteiger partial charge < -0.3 is 19.5 Å². The summed E-state index contributed by atoms with van der Waals surface area (Å²) in [5, 5.41) is 17.5. The number of carboxylic acids is 1. The fourth-order valence-electron chi connectivity index (χ4n) is 2.44. The molecule has 1 N–H and O–H groups in total. The SMILES string of the molecule is COC1CN(c2nnc(C)c(C)c2C(=O)O)CC1OC. The zero-order valence-corrected chi connectivity index (χ0v) is 12.1. The van der Waals surface area contributed by atoms with Crippen LogP contribution in [0, 0.1) is 13.8 Å². The maximum atomic E-state index is 11.5. The molecule has 2 unspecified atom stereocenters. The minimum atomic E-state index is -0.995. The number of hydrogen-bond donors (Lipinski definition) is 1. The van der Waals surface area contributed by atoms with Crippen LogP contribution in [-0.2, 0) is 9.47 Å². The van der Waals surface area contributed by atoms with E-state index >= 15 is 0 Å². The Hall–Kier alpha value is -1.73. The Morgan fingerprint density at radius 3 is 2.20 bits per heavy atom. The quantitative estimate of drug-likeness (QED) is 0.866. The van der Waals surface area contributed by atoms with Crippen LogP contribution in [0.2, 0.25) is 0 Å². The topological polar surface area (TPSA) is 84.8 Å².